The van der Waals surface area contributed by atoms with Crippen LogP contribution in [0.15, 0.2) is 24.3 Å². The second-order valence-electron chi connectivity index (χ2n) is 6.10. The van der Waals surface area contributed by atoms with Crippen molar-refractivity contribution in [1.29, 1.82) is 0 Å². The number of carbonyl (C=O) groups is 1. The molecule has 0 fully saturated rings. The van der Waals surface area contributed by atoms with Gasteiger partial charge in [0.05, 0.1) is 24.8 Å². The molecule has 2 atom stereocenters. The molecule has 0 bridgehead atoms. The van der Waals surface area contributed by atoms with Crippen molar-refractivity contribution in [2.45, 2.75) is 39.7 Å². The monoisotopic (exact) mass is 349 g/mol. The van der Waals surface area contributed by atoms with Gasteiger partial charge in [-0.3, -0.25) is 9.89 Å². The molecule has 2 rings (SSSR count). The molecule has 2 unspecified atom stereocenters. The molecule has 0 aliphatic heterocycles. The number of hydrogen-bond donors (Lipinski definition) is 3. The molecule has 0 saturated carbocycles. The number of benzene rings is 1. The molecule has 0 aliphatic carbocycles. The first-order chi connectivity index (χ1) is 11.5. The molecule has 2 aromatic rings. The van der Waals surface area contributed by atoms with E-state index in [1.54, 1.807) is 12.1 Å². The van der Waals surface area contributed by atoms with Crippen LogP contribution in [0.3, 0.4) is 0 Å². The maximum Gasteiger partial charge on any atom is 0.224 e. The Bertz CT molecular complexity index is 682. The standard InChI is InChI=1S/C18H24ClN3O2/c1-4-11(2)16(10-23)20-17(24)9-15-12(3)21-22-18(15)13-5-7-14(19)8-6-13/h5-8,11,16,23H,4,9-10H2,1-3H3,(H,20,24)(H,21,22). The SMILES string of the molecule is CCC(C)C(CO)NC(=O)Cc1c(-c2ccc(Cl)cc2)n[nH]c1C. The highest BCUT2D eigenvalue weighted by molar-refractivity contribution is 6.30. The number of hydrogen-bond acceptors (Lipinski definition) is 3. The highest BCUT2D eigenvalue weighted by Gasteiger charge is 2.20. The fourth-order valence-corrected chi connectivity index (χ4v) is 2.71. The van der Waals surface area contributed by atoms with E-state index in [1.807, 2.05) is 32.9 Å². The number of carbonyl (C=O) groups excluding carboxylic acids is 1. The lowest BCUT2D eigenvalue weighted by molar-refractivity contribution is -0.121. The van der Waals surface area contributed by atoms with Crippen molar-refractivity contribution in [2.24, 2.45) is 5.92 Å². The third kappa shape index (κ3) is 4.36. The maximum atomic E-state index is 12.4. The van der Waals surface area contributed by atoms with Crippen molar-refractivity contribution >= 4 is 17.5 Å². The zero-order chi connectivity index (χ0) is 17.7. The van der Waals surface area contributed by atoms with Gasteiger partial charge in [-0.1, -0.05) is 44.0 Å². The van der Waals surface area contributed by atoms with Crippen molar-refractivity contribution in [2.75, 3.05) is 6.61 Å². The Morgan fingerprint density at radius 1 is 1.38 bits per heavy atom. The zero-order valence-electron chi connectivity index (χ0n) is 14.3. The van der Waals surface area contributed by atoms with Crippen LogP contribution in [0.25, 0.3) is 11.3 Å². The first-order valence-electron chi connectivity index (χ1n) is 8.16. The van der Waals surface area contributed by atoms with Gasteiger partial charge in [-0.2, -0.15) is 5.10 Å². The lowest BCUT2D eigenvalue weighted by Gasteiger charge is -2.22. The number of amides is 1. The summed E-state index contributed by atoms with van der Waals surface area (Å²) >= 11 is 5.93. The molecule has 0 spiro atoms. The van der Waals surface area contributed by atoms with Crippen LogP contribution in [0, 0.1) is 12.8 Å². The van der Waals surface area contributed by atoms with Crippen molar-refractivity contribution in [3.63, 3.8) is 0 Å². The third-order valence-corrected chi connectivity index (χ3v) is 4.65. The first-order valence-corrected chi connectivity index (χ1v) is 8.54. The summed E-state index contributed by atoms with van der Waals surface area (Å²) in [5.74, 6) is 0.106. The maximum absolute atomic E-state index is 12.4. The highest BCUT2D eigenvalue weighted by Crippen LogP contribution is 2.25. The van der Waals surface area contributed by atoms with E-state index in [4.69, 9.17) is 11.6 Å². The minimum Gasteiger partial charge on any atom is -0.394 e. The molecule has 0 saturated heterocycles. The van der Waals surface area contributed by atoms with Crippen molar-refractivity contribution in [1.82, 2.24) is 15.5 Å². The first kappa shape index (κ1) is 18.5. The van der Waals surface area contributed by atoms with Crippen LogP contribution in [-0.2, 0) is 11.2 Å². The van der Waals surface area contributed by atoms with E-state index in [0.717, 1.165) is 28.9 Å². The number of aliphatic hydroxyl groups is 1. The Morgan fingerprint density at radius 3 is 2.62 bits per heavy atom. The van der Waals surface area contributed by atoms with Crippen LogP contribution in [0.1, 0.15) is 31.5 Å². The van der Waals surface area contributed by atoms with E-state index in [0.29, 0.717) is 5.02 Å². The molecular formula is C18H24ClN3O2. The summed E-state index contributed by atoms with van der Waals surface area (Å²) in [7, 11) is 0. The normalized spacial score (nSPS) is 13.5. The number of aromatic amines is 1. The fourth-order valence-electron chi connectivity index (χ4n) is 2.59. The molecule has 1 aromatic heterocycles. The Hall–Kier alpha value is -1.85. The van der Waals surface area contributed by atoms with Gasteiger partial charge in [-0.15, -0.1) is 0 Å². The van der Waals surface area contributed by atoms with Gasteiger partial charge in [0.1, 0.15) is 0 Å². The van der Waals surface area contributed by atoms with Crippen molar-refractivity contribution in [3.05, 3.63) is 40.5 Å². The molecule has 0 aliphatic rings. The predicted octanol–water partition coefficient (Wildman–Crippen LogP) is 3.10. The molecule has 0 radical (unpaired) electrons. The second kappa shape index (κ2) is 8.31. The molecule has 130 valence electrons. The number of aromatic nitrogens is 2. The molecular weight excluding hydrogens is 326 g/mol. The molecule has 6 heteroatoms. The number of halogens is 1. The van der Waals surface area contributed by atoms with Gasteiger partial charge in [0.25, 0.3) is 0 Å². The van der Waals surface area contributed by atoms with E-state index in [1.165, 1.54) is 0 Å². The summed E-state index contributed by atoms with van der Waals surface area (Å²) in [6.07, 6.45) is 1.11. The van der Waals surface area contributed by atoms with Crippen LogP contribution >= 0.6 is 11.6 Å². The van der Waals surface area contributed by atoms with Crippen LogP contribution in [0.2, 0.25) is 5.02 Å². The molecule has 1 amide bonds. The largest absolute Gasteiger partial charge is 0.394 e. The lowest BCUT2D eigenvalue weighted by Crippen LogP contribution is -2.42. The van der Waals surface area contributed by atoms with E-state index >= 15 is 0 Å². The highest BCUT2D eigenvalue weighted by atomic mass is 35.5. The summed E-state index contributed by atoms with van der Waals surface area (Å²) in [4.78, 5) is 12.4. The van der Waals surface area contributed by atoms with E-state index in [2.05, 4.69) is 15.5 Å². The Labute approximate surface area is 147 Å². The van der Waals surface area contributed by atoms with Crippen LogP contribution in [0.4, 0.5) is 0 Å². The average molecular weight is 350 g/mol. The molecule has 3 N–H and O–H groups in total. The number of H-pyrrole nitrogens is 1. The third-order valence-electron chi connectivity index (χ3n) is 4.40. The molecule has 24 heavy (non-hydrogen) atoms. The number of rotatable bonds is 7. The number of aliphatic hydroxyl groups excluding tert-OH is 1. The van der Waals surface area contributed by atoms with Crippen molar-refractivity contribution in [3.8, 4) is 11.3 Å². The Kier molecular flexibility index (Phi) is 6.40. The average Bonchev–Trinajstić information content (AvgIpc) is 2.93. The van der Waals surface area contributed by atoms with Gasteiger partial charge in [-0.25, -0.2) is 0 Å². The summed E-state index contributed by atoms with van der Waals surface area (Å²) < 4.78 is 0. The lowest BCUT2D eigenvalue weighted by atomic mass is 9.99. The van der Waals surface area contributed by atoms with Gasteiger partial charge in [-0.05, 0) is 25.0 Å². The molecule has 1 heterocycles. The van der Waals surface area contributed by atoms with Gasteiger partial charge < -0.3 is 10.4 Å². The van der Waals surface area contributed by atoms with Gasteiger partial charge >= 0.3 is 0 Å². The van der Waals surface area contributed by atoms with Gasteiger partial charge in [0.15, 0.2) is 0 Å². The van der Waals surface area contributed by atoms with Crippen molar-refractivity contribution < 1.29 is 9.90 Å². The van der Waals surface area contributed by atoms with Gasteiger partial charge in [0, 0.05) is 21.8 Å². The summed E-state index contributed by atoms with van der Waals surface area (Å²) in [5, 5.41) is 20.3. The summed E-state index contributed by atoms with van der Waals surface area (Å²) in [6.45, 7) is 5.89. The minimum absolute atomic E-state index is 0.0604. The Balaban J connectivity index is 2.16. The van der Waals surface area contributed by atoms with Crippen LogP contribution in [-0.4, -0.2) is 33.9 Å². The topological polar surface area (TPSA) is 78.0 Å². The van der Waals surface area contributed by atoms with Gasteiger partial charge in [0.2, 0.25) is 5.91 Å². The van der Waals surface area contributed by atoms with E-state index < -0.39 is 0 Å². The number of aryl methyl sites for hydroxylation is 1. The predicted molar refractivity (Wildman–Crippen MR) is 95.9 cm³/mol. The van der Waals surface area contributed by atoms with Crippen LogP contribution < -0.4 is 5.32 Å². The second-order valence-corrected chi connectivity index (χ2v) is 6.54. The van der Waals surface area contributed by atoms with E-state index in [9.17, 15) is 9.90 Å². The molecule has 5 nitrogen and oxygen atoms in total. The smallest absolute Gasteiger partial charge is 0.224 e. The number of nitrogens with one attached hydrogen (secondary N) is 2. The fraction of sp³-hybridized carbons (Fsp3) is 0.444. The molecule has 1 aromatic carbocycles. The quantitative estimate of drug-likeness (QED) is 0.718. The minimum atomic E-state index is -0.228. The number of nitrogens with zero attached hydrogens (tertiary/aromatic N) is 1. The summed E-state index contributed by atoms with van der Waals surface area (Å²) in [5.41, 5.74) is 3.38. The zero-order valence-corrected chi connectivity index (χ0v) is 15.0. The van der Waals surface area contributed by atoms with Crippen LogP contribution in [0.5, 0.6) is 0 Å². The Morgan fingerprint density at radius 2 is 2.04 bits per heavy atom. The summed E-state index contributed by atoms with van der Waals surface area (Å²) in [6, 6.07) is 7.14. The van der Waals surface area contributed by atoms with E-state index in [-0.39, 0.29) is 30.9 Å².